The number of ether oxygens (including phenoxy) is 2. The lowest BCUT2D eigenvalue weighted by atomic mass is 9.94. The van der Waals surface area contributed by atoms with Crippen LogP contribution in [0, 0.1) is 5.82 Å². The third-order valence-corrected chi connectivity index (χ3v) is 8.50. The van der Waals surface area contributed by atoms with Gasteiger partial charge in [-0.25, -0.2) is 4.39 Å². The van der Waals surface area contributed by atoms with E-state index in [1.807, 2.05) is 18.0 Å². The lowest BCUT2D eigenvalue weighted by Crippen LogP contribution is -2.45. The van der Waals surface area contributed by atoms with Gasteiger partial charge >= 0.3 is 0 Å². The topological polar surface area (TPSA) is 125 Å². The number of aliphatic imine (C=N–C) groups is 1. The van der Waals surface area contributed by atoms with Gasteiger partial charge < -0.3 is 40.4 Å². The second-order valence-corrected chi connectivity index (χ2v) is 11.7. The SMILES string of the molecule is C/N=C\C(CNC)c1cccc(CCOCCC(=O)N(CCNCCc2ccc(O)c3c2OCC(=O)N3)C2CCCCC2)c1F. The minimum absolute atomic E-state index is 0.0158. The van der Waals surface area contributed by atoms with Crippen molar-refractivity contribution in [3.05, 3.63) is 52.8 Å². The van der Waals surface area contributed by atoms with Crippen molar-refractivity contribution in [3.8, 4) is 11.5 Å². The molecule has 0 spiro atoms. The molecule has 45 heavy (non-hydrogen) atoms. The predicted molar refractivity (Wildman–Crippen MR) is 174 cm³/mol. The molecule has 1 heterocycles. The van der Waals surface area contributed by atoms with Gasteiger partial charge in [0.1, 0.15) is 17.3 Å². The molecule has 1 saturated carbocycles. The van der Waals surface area contributed by atoms with Crippen LogP contribution in [0.4, 0.5) is 10.1 Å². The summed E-state index contributed by atoms with van der Waals surface area (Å²) in [5.41, 5.74) is 2.43. The number of carbonyl (C=O) groups is 2. The molecule has 2 aliphatic rings. The molecule has 1 aliphatic heterocycles. The Labute approximate surface area is 265 Å². The highest BCUT2D eigenvalue weighted by atomic mass is 19.1. The minimum Gasteiger partial charge on any atom is -0.506 e. The van der Waals surface area contributed by atoms with Crippen LogP contribution in [0.25, 0.3) is 0 Å². The molecule has 1 atom stereocenters. The lowest BCUT2D eigenvalue weighted by Gasteiger charge is -2.34. The first-order valence-corrected chi connectivity index (χ1v) is 16.1. The van der Waals surface area contributed by atoms with Crippen LogP contribution < -0.4 is 20.7 Å². The number of halogens is 1. The molecule has 2 amide bonds. The number of carbonyl (C=O) groups excluding carboxylic acids is 2. The number of anilines is 1. The van der Waals surface area contributed by atoms with Crippen LogP contribution in [0.1, 0.15) is 61.1 Å². The number of hydrogen-bond donors (Lipinski definition) is 4. The highest BCUT2D eigenvalue weighted by molar-refractivity contribution is 5.97. The monoisotopic (exact) mass is 625 g/mol. The van der Waals surface area contributed by atoms with Crippen LogP contribution in [0.15, 0.2) is 35.3 Å². The summed E-state index contributed by atoms with van der Waals surface area (Å²) in [5.74, 6) is -0.0789. The number of phenolic OH excluding ortho intramolecular Hbond substituents is 1. The van der Waals surface area contributed by atoms with Gasteiger partial charge in [0.25, 0.3) is 5.91 Å². The molecule has 0 radical (unpaired) electrons. The lowest BCUT2D eigenvalue weighted by molar-refractivity contribution is -0.135. The Morgan fingerprint density at radius 3 is 2.78 bits per heavy atom. The van der Waals surface area contributed by atoms with Crippen LogP contribution >= 0.6 is 0 Å². The molecule has 11 heteroatoms. The Bertz CT molecular complexity index is 1300. The molecular formula is C34H48FN5O5. The van der Waals surface area contributed by atoms with Crippen LogP contribution in [0.5, 0.6) is 11.5 Å². The number of benzene rings is 2. The maximum Gasteiger partial charge on any atom is 0.262 e. The summed E-state index contributed by atoms with van der Waals surface area (Å²) in [6.45, 7) is 3.07. The van der Waals surface area contributed by atoms with Gasteiger partial charge in [0.15, 0.2) is 12.4 Å². The summed E-state index contributed by atoms with van der Waals surface area (Å²) < 4.78 is 26.7. The molecule has 0 aromatic heterocycles. The molecule has 1 aliphatic carbocycles. The summed E-state index contributed by atoms with van der Waals surface area (Å²) in [6.07, 6.45) is 8.63. The van der Waals surface area contributed by atoms with Crippen LogP contribution in [0.3, 0.4) is 0 Å². The normalized spacial score (nSPS) is 15.8. The van der Waals surface area contributed by atoms with Crippen molar-refractivity contribution < 1.29 is 28.6 Å². The predicted octanol–water partition coefficient (Wildman–Crippen LogP) is 3.81. The number of amides is 2. The first-order valence-electron chi connectivity index (χ1n) is 16.1. The van der Waals surface area contributed by atoms with Crippen molar-refractivity contribution in [2.45, 2.75) is 63.3 Å². The third-order valence-electron chi connectivity index (χ3n) is 8.50. The third kappa shape index (κ3) is 9.72. The number of rotatable bonds is 17. The van der Waals surface area contributed by atoms with Crippen molar-refractivity contribution in [3.63, 3.8) is 0 Å². The summed E-state index contributed by atoms with van der Waals surface area (Å²) in [4.78, 5) is 31.1. The van der Waals surface area contributed by atoms with E-state index in [0.29, 0.717) is 81.2 Å². The maximum absolute atomic E-state index is 15.2. The van der Waals surface area contributed by atoms with E-state index in [-0.39, 0.29) is 41.9 Å². The van der Waals surface area contributed by atoms with E-state index in [0.717, 1.165) is 31.2 Å². The van der Waals surface area contributed by atoms with E-state index in [2.05, 4.69) is 20.9 Å². The largest absolute Gasteiger partial charge is 0.506 e. The molecule has 4 N–H and O–H groups in total. The average Bonchev–Trinajstić information content (AvgIpc) is 3.04. The summed E-state index contributed by atoms with van der Waals surface area (Å²) in [5, 5.41) is 19.3. The molecule has 246 valence electrons. The summed E-state index contributed by atoms with van der Waals surface area (Å²) in [7, 11) is 3.53. The minimum atomic E-state index is -0.290. The number of nitrogens with one attached hydrogen (secondary N) is 3. The van der Waals surface area contributed by atoms with Crippen molar-refractivity contribution in [2.75, 3.05) is 65.4 Å². The van der Waals surface area contributed by atoms with E-state index in [1.54, 1.807) is 37.5 Å². The van der Waals surface area contributed by atoms with E-state index >= 15 is 4.39 Å². The highest BCUT2D eigenvalue weighted by Gasteiger charge is 2.25. The Hall–Kier alpha value is -3.54. The van der Waals surface area contributed by atoms with Crippen molar-refractivity contribution in [1.82, 2.24) is 15.5 Å². The fraction of sp³-hybridized carbons (Fsp3) is 0.559. The van der Waals surface area contributed by atoms with Gasteiger partial charge in [-0.15, -0.1) is 0 Å². The van der Waals surface area contributed by atoms with Crippen LogP contribution in [-0.2, 0) is 27.2 Å². The Kier molecular flexibility index (Phi) is 13.6. The Morgan fingerprint density at radius 1 is 1.18 bits per heavy atom. The number of aromatic hydroxyl groups is 1. The van der Waals surface area contributed by atoms with Gasteiger partial charge in [0.2, 0.25) is 5.91 Å². The fourth-order valence-corrected chi connectivity index (χ4v) is 6.17. The Morgan fingerprint density at radius 2 is 2.00 bits per heavy atom. The van der Waals surface area contributed by atoms with E-state index in [4.69, 9.17) is 9.47 Å². The smallest absolute Gasteiger partial charge is 0.262 e. The molecule has 2 aromatic rings. The standard InChI is InChI=1S/C34H48FN5O5/c1-36-21-26(22-37-2)28-10-6-7-24(32(28)35)14-19-44-20-15-31(43)40(27-8-4-3-5-9-27)18-17-38-16-13-25-11-12-29(41)33-34(25)45-23-30(42)39-33/h6-7,10-12,21,26-27,37-38,41H,3-5,8-9,13-20,22-23H2,1-2H3,(H,39,42)/b36-21-. The molecule has 10 nitrogen and oxygen atoms in total. The zero-order chi connectivity index (χ0) is 32.0. The van der Waals surface area contributed by atoms with Crippen LogP contribution in [0.2, 0.25) is 0 Å². The molecule has 4 rings (SSSR count). The van der Waals surface area contributed by atoms with E-state index < -0.39 is 0 Å². The number of phenols is 1. The zero-order valence-corrected chi connectivity index (χ0v) is 26.6. The van der Waals surface area contributed by atoms with Gasteiger partial charge in [-0.05, 0) is 62.0 Å². The fourth-order valence-electron chi connectivity index (χ4n) is 6.17. The molecule has 1 fully saturated rings. The van der Waals surface area contributed by atoms with Crippen molar-refractivity contribution >= 4 is 23.7 Å². The number of hydrogen-bond acceptors (Lipinski definition) is 8. The second-order valence-electron chi connectivity index (χ2n) is 11.7. The molecular weight excluding hydrogens is 577 g/mol. The van der Waals surface area contributed by atoms with Gasteiger partial charge in [-0.1, -0.05) is 43.5 Å². The van der Waals surface area contributed by atoms with Gasteiger partial charge in [-0.2, -0.15) is 0 Å². The zero-order valence-electron chi connectivity index (χ0n) is 26.6. The van der Waals surface area contributed by atoms with E-state index in [9.17, 15) is 14.7 Å². The maximum atomic E-state index is 15.2. The van der Waals surface area contributed by atoms with Crippen molar-refractivity contribution in [2.24, 2.45) is 4.99 Å². The second kappa shape index (κ2) is 17.8. The van der Waals surface area contributed by atoms with Crippen LogP contribution in [-0.4, -0.2) is 94.2 Å². The molecule has 0 saturated heterocycles. The molecule has 0 bridgehead atoms. The number of fused-ring (bicyclic) bond motifs is 1. The number of nitrogens with zero attached hydrogens (tertiary/aromatic N) is 2. The number of likely N-dealkylation sites (N-methyl/N-ethyl adjacent to an activating group) is 1. The summed E-state index contributed by atoms with van der Waals surface area (Å²) >= 11 is 0. The Balaban J connectivity index is 1.23. The van der Waals surface area contributed by atoms with Gasteiger partial charge in [0, 0.05) is 44.9 Å². The molecule has 2 aromatic carbocycles. The first-order chi connectivity index (χ1) is 21.9. The molecule has 1 unspecified atom stereocenters. The summed E-state index contributed by atoms with van der Waals surface area (Å²) in [6, 6.07) is 9.05. The van der Waals surface area contributed by atoms with Gasteiger partial charge in [-0.3, -0.25) is 9.59 Å². The van der Waals surface area contributed by atoms with E-state index in [1.165, 1.54) is 6.42 Å². The first kappa shape index (κ1) is 34.3. The van der Waals surface area contributed by atoms with Gasteiger partial charge in [0.05, 0.1) is 19.6 Å². The highest BCUT2D eigenvalue weighted by Crippen LogP contribution is 2.39. The average molecular weight is 626 g/mol. The van der Waals surface area contributed by atoms with Crippen molar-refractivity contribution in [1.29, 1.82) is 0 Å². The quantitative estimate of drug-likeness (QED) is 0.120.